The molecule has 7 heteroatoms. The van der Waals surface area contributed by atoms with Gasteiger partial charge >= 0.3 is 5.97 Å². The van der Waals surface area contributed by atoms with Crippen LogP contribution in [-0.2, 0) is 12.8 Å². The van der Waals surface area contributed by atoms with Crippen LogP contribution in [0.25, 0.3) is 11.3 Å². The molecule has 0 radical (unpaired) electrons. The minimum atomic E-state index is -0.985. The first-order valence-corrected chi connectivity index (χ1v) is 13.9. The summed E-state index contributed by atoms with van der Waals surface area (Å²) in [4.78, 5) is 30.9. The van der Waals surface area contributed by atoms with Crippen LogP contribution in [0.4, 0.5) is 10.7 Å². The Morgan fingerprint density at radius 2 is 1.87 bits per heavy atom. The number of nitrogens with zero attached hydrogens (tertiary/aromatic N) is 1. The number of amides is 1. The molecule has 1 aliphatic rings. The fourth-order valence-electron chi connectivity index (χ4n) is 5.06. The smallest absolute Gasteiger partial charge is 0.335 e. The van der Waals surface area contributed by atoms with Gasteiger partial charge in [-0.3, -0.25) is 4.79 Å². The van der Waals surface area contributed by atoms with Gasteiger partial charge in [0.2, 0.25) is 0 Å². The van der Waals surface area contributed by atoms with Crippen LogP contribution in [-0.4, -0.2) is 23.2 Å². The van der Waals surface area contributed by atoms with Gasteiger partial charge in [-0.25, -0.2) is 9.79 Å². The minimum absolute atomic E-state index is 0.152. The average Bonchev–Trinajstić information content (AvgIpc) is 3.51. The number of rotatable bonds is 6. The number of nitrogens with one attached hydrogen (secondary N) is 1. The van der Waals surface area contributed by atoms with Gasteiger partial charge < -0.3 is 14.8 Å². The Hall–Kier alpha value is -3.97. The molecule has 1 aliphatic carbocycles. The van der Waals surface area contributed by atoms with Crippen molar-refractivity contribution in [2.24, 2.45) is 16.3 Å². The number of carbonyl (C=O) groups is 2. The van der Waals surface area contributed by atoms with Crippen LogP contribution in [0.2, 0.25) is 0 Å². The number of hydrogen-bond donors (Lipinski definition) is 2. The van der Waals surface area contributed by atoms with Gasteiger partial charge in [-0.2, -0.15) is 0 Å². The van der Waals surface area contributed by atoms with E-state index in [1.807, 2.05) is 43.3 Å². The second-order valence-electron chi connectivity index (χ2n) is 11.1. The summed E-state index contributed by atoms with van der Waals surface area (Å²) in [5.74, 6) is 0.501. The molecular formula is C32H32N2O4S. The van der Waals surface area contributed by atoms with E-state index in [0.29, 0.717) is 28.0 Å². The Morgan fingerprint density at radius 1 is 1.10 bits per heavy atom. The van der Waals surface area contributed by atoms with Crippen molar-refractivity contribution in [3.63, 3.8) is 0 Å². The first-order chi connectivity index (χ1) is 18.6. The lowest BCUT2D eigenvalue weighted by atomic mass is 9.72. The van der Waals surface area contributed by atoms with Gasteiger partial charge in [0.15, 0.2) is 0 Å². The van der Waals surface area contributed by atoms with E-state index >= 15 is 0 Å². The fraction of sp³-hybridized carbons (Fsp3) is 0.281. The van der Waals surface area contributed by atoms with E-state index in [1.165, 1.54) is 4.88 Å². The zero-order valence-electron chi connectivity index (χ0n) is 22.6. The normalized spacial score (nSPS) is 15.3. The van der Waals surface area contributed by atoms with Gasteiger partial charge in [0.25, 0.3) is 5.91 Å². The molecule has 4 aromatic rings. The van der Waals surface area contributed by atoms with Gasteiger partial charge in [0.05, 0.1) is 17.3 Å². The van der Waals surface area contributed by atoms with E-state index in [4.69, 9.17) is 9.41 Å². The molecule has 39 heavy (non-hydrogen) atoms. The quantitative estimate of drug-likeness (QED) is 0.241. The summed E-state index contributed by atoms with van der Waals surface area (Å²) in [7, 11) is 0. The van der Waals surface area contributed by atoms with Gasteiger partial charge in [-0.15, -0.1) is 11.3 Å². The Morgan fingerprint density at radius 3 is 2.59 bits per heavy atom. The number of carbonyl (C=O) groups excluding carboxylic acids is 1. The maximum atomic E-state index is 13.5. The number of anilines is 1. The molecule has 0 aliphatic heterocycles. The number of thiophene rings is 1. The number of carboxylic acid groups (broad SMARTS) is 1. The summed E-state index contributed by atoms with van der Waals surface area (Å²) >= 11 is 1.59. The van der Waals surface area contributed by atoms with Crippen molar-refractivity contribution >= 4 is 40.1 Å². The number of benzene rings is 2. The average molecular weight is 541 g/mol. The fourth-order valence-corrected chi connectivity index (χ4v) is 6.33. The van der Waals surface area contributed by atoms with Crippen LogP contribution in [0, 0.1) is 18.3 Å². The third kappa shape index (κ3) is 5.73. The molecular weight excluding hydrogens is 508 g/mol. The first kappa shape index (κ1) is 26.6. The summed E-state index contributed by atoms with van der Waals surface area (Å²) in [5, 5.41) is 13.1. The molecule has 6 nitrogen and oxygen atoms in total. The topological polar surface area (TPSA) is 91.9 Å². The SMILES string of the molecule is Cc1ccc(C(=O)O)cc1-c1ccc(C=Nc2sc3c(c2C(=O)Nc2ccccc2)CC[C@H](C(C)(C)C)C3)o1. The Bertz CT molecular complexity index is 1560. The zero-order valence-corrected chi connectivity index (χ0v) is 23.4. The molecule has 2 heterocycles. The van der Waals surface area contributed by atoms with Gasteiger partial charge in [-0.1, -0.05) is 45.0 Å². The molecule has 1 amide bonds. The molecule has 2 aromatic heterocycles. The van der Waals surface area contributed by atoms with Crippen LogP contribution >= 0.6 is 11.3 Å². The zero-order chi connectivity index (χ0) is 27.7. The van der Waals surface area contributed by atoms with E-state index in [2.05, 4.69) is 26.1 Å². The summed E-state index contributed by atoms with van der Waals surface area (Å²) < 4.78 is 6.03. The molecule has 2 N–H and O–H groups in total. The van der Waals surface area contributed by atoms with Crippen LogP contribution in [0.3, 0.4) is 0 Å². The molecule has 0 fully saturated rings. The molecule has 1 atom stereocenters. The lowest BCUT2D eigenvalue weighted by Crippen LogP contribution is -2.27. The number of aryl methyl sites for hydroxylation is 1. The highest BCUT2D eigenvalue weighted by molar-refractivity contribution is 7.16. The van der Waals surface area contributed by atoms with Crippen molar-refractivity contribution in [3.05, 3.63) is 93.6 Å². The van der Waals surface area contributed by atoms with Crippen molar-refractivity contribution in [2.75, 3.05) is 5.32 Å². The maximum Gasteiger partial charge on any atom is 0.335 e. The van der Waals surface area contributed by atoms with Gasteiger partial charge in [-0.05, 0) is 85.0 Å². The lowest BCUT2D eigenvalue weighted by molar-refractivity contribution is 0.0696. The maximum absolute atomic E-state index is 13.5. The van der Waals surface area contributed by atoms with E-state index in [-0.39, 0.29) is 16.9 Å². The van der Waals surface area contributed by atoms with Crippen LogP contribution < -0.4 is 5.32 Å². The van der Waals surface area contributed by atoms with Crippen molar-refractivity contribution in [1.82, 2.24) is 0 Å². The molecule has 0 spiro atoms. The number of aliphatic imine (C=N–C) groups is 1. The first-order valence-electron chi connectivity index (χ1n) is 13.1. The third-order valence-corrected chi connectivity index (χ3v) is 8.58. The molecule has 0 unspecified atom stereocenters. The predicted molar refractivity (Wildman–Crippen MR) is 157 cm³/mol. The van der Waals surface area contributed by atoms with Crippen LogP contribution in [0.1, 0.15) is 69.7 Å². The number of carboxylic acids is 1. The van der Waals surface area contributed by atoms with Crippen molar-refractivity contribution in [3.8, 4) is 11.3 Å². The summed E-state index contributed by atoms with van der Waals surface area (Å²) in [6.45, 7) is 8.75. The molecule has 200 valence electrons. The van der Waals surface area contributed by atoms with Crippen LogP contribution in [0.5, 0.6) is 0 Å². The third-order valence-electron chi connectivity index (χ3n) is 7.42. The lowest BCUT2D eigenvalue weighted by Gasteiger charge is -2.33. The predicted octanol–water partition coefficient (Wildman–Crippen LogP) is 8.17. The number of aromatic carboxylic acids is 1. The summed E-state index contributed by atoms with van der Waals surface area (Å²) in [6.07, 6.45) is 4.47. The number of fused-ring (bicyclic) bond motifs is 1. The van der Waals surface area contributed by atoms with Gasteiger partial charge in [0, 0.05) is 16.1 Å². The van der Waals surface area contributed by atoms with E-state index in [9.17, 15) is 14.7 Å². The van der Waals surface area contributed by atoms with Crippen molar-refractivity contribution in [1.29, 1.82) is 0 Å². The van der Waals surface area contributed by atoms with E-state index < -0.39 is 5.97 Å². The van der Waals surface area contributed by atoms with Crippen molar-refractivity contribution in [2.45, 2.75) is 47.0 Å². The molecule has 5 rings (SSSR count). The molecule has 2 aromatic carbocycles. The van der Waals surface area contributed by atoms with E-state index in [0.717, 1.165) is 41.6 Å². The number of hydrogen-bond acceptors (Lipinski definition) is 5. The standard InChI is InChI=1S/C32H32N2O4S/c1-19-10-11-20(31(36)37)16-25(19)26-15-13-23(38-26)18-33-30-28(29(35)34-22-8-6-5-7-9-22)24-14-12-21(32(2,3)4)17-27(24)39-30/h5-11,13,15-16,18,21H,12,14,17H2,1-4H3,(H,34,35)(H,36,37)/t21-/m0/s1. The highest BCUT2D eigenvalue weighted by Crippen LogP contribution is 2.45. The Kier molecular flexibility index (Phi) is 7.28. The highest BCUT2D eigenvalue weighted by atomic mass is 32.1. The molecule has 0 saturated carbocycles. The largest absolute Gasteiger partial charge is 0.478 e. The second-order valence-corrected chi connectivity index (χ2v) is 12.2. The van der Waals surface area contributed by atoms with E-state index in [1.54, 1.807) is 41.8 Å². The Labute approximate surface area is 232 Å². The van der Waals surface area contributed by atoms with Crippen molar-refractivity contribution < 1.29 is 19.1 Å². The Balaban J connectivity index is 1.47. The second kappa shape index (κ2) is 10.7. The summed E-state index contributed by atoms with van der Waals surface area (Å²) in [6, 6.07) is 18.0. The highest BCUT2D eigenvalue weighted by Gasteiger charge is 2.33. The molecule has 0 saturated heterocycles. The van der Waals surface area contributed by atoms with Crippen LogP contribution in [0.15, 0.2) is 70.1 Å². The number of furan rings is 1. The minimum Gasteiger partial charge on any atom is -0.478 e. The summed E-state index contributed by atoms with van der Waals surface area (Å²) in [5.41, 5.74) is 4.51. The van der Waals surface area contributed by atoms with Gasteiger partial charge in [0.1, 0.15) is 16.5 Å². The molecule has 0 bridgehead atoms. The monoisotopic (exact) mass is 540 g/mol. The number of para-hydroxylation sites is 1.